The van der Waals surface area contributed by atoms with E-state index in [0.717, 1.165) is 24.7 Å². The van der Waals surface area contributed by atoms with Gasteiger partial charge in [0.05, 0.1) is 6.04 Å². The maximum atomic E-state index is 14.0. The van der Waals surface area contributed by atoms with Crippen molar-refractivity contribution in [1.29, 1.82) is 0 Å². The Balaban J connectivity index is 0.000000431. The highest BCUT2D eigenvalue weighted by Gasteiger charge is 2.26. The number of hydrogen-bond acceptors (Lipinski definition) is 2. The second-order valence-electron chi connectivity index (χ2n) is 5.91. The van der Waals surface area contributed by atoms with Crippen LogP contribution in [0.2, 0.25) is 0 Å². The molecule has 5 heteroatoms. The predicted octanol–water partition coefficient (Wildman–Crippen LogP) is 4.18. The van der Waals surface area contributed by atoms with Crippen molar-refractivity contribution in [3.63, 3.8) is 0 Å². The maximum absolute atomic E-state index is 14.0. The minimum absolute atomic E-state index is 0.119. The Bertz CT molecular complexity index is 747. The van der Waals surface area contributed by atoms with Gasteiger partial charge in [-0.2, -0.15) is 0 Å². The van der Waals surface area contributed by atoms with Crippen LogP contribution in [0.5, 0.6) is 0 Å². The van der Waals surface area contributed by atoms with Gasteiger partial charge < -0.3 is 5.32 Å². The SMILES string of the molecule is CCN1CC(c2cc(F)ccc2F)=C[C@H]1c1ccccc1.CCNC=O. The molecule has 1 heterocycles. The third-order valence-electron chi connectivity index (χ3n) is 4.23. The third-order valence-corrected chi connectivity index (χ3v) is 4.23. The van der Waals surface area contributed by atoms with Crippen LogP contribution in [-0.2, 0) is 4.79 Å². The Kier molecular flexibility index (Phi) is 7.48. The van der Waals surface area contributed by atoms with Gasteiger partial charge in [-0.25, -0.2) is 8.78 Å². The summed E-state index contributed by atoms with van der Waals surface area (Å²) < 4.78 is 27.3. The summed E-state index contributed by atoms with van der Waals surface area (Å²) in [5.41, 5.74) is 2.39. The largest absolute Gasteiger partial charge is 0.359 e. The van der Waals surface area contributed by atoms with Crippen LogP contribution in [0.4, 0.5) is 8.78 Å². The summed E-state index contributed by atoms with van der Waals surface area (Å²) in [7, 11) is 0. The Morgan fingerprint density at radius 3 is 2.46 bits per heavy atom. The van der Waals surface area contributed by atoms with E-state index in [1.165, 1.54) is 17.7 Å². The van der Waals surface area contributed by atoms with Crippen LogP contribution in [0, 0.1) is 11.6 Å². The number of carbonyl (C=O) groups is 1. The smallest absolute Gasteiger partial charge is 0.207 e. The molecule has 0 saturated heterocycles. The van der Waals surface area contributed by atoms with Crippen LogP contribution in [-0.4, -0.2) is 30.9 Å². The number of amides is 1. The monoisotopic (exact) mass is 358 g/mol. The Morgan fingerprint density at radius 2 is 1.88 bits per heavy atom. The average Bonchev–Trinajstić information content (AvgIpc) is 3.10. The summed E-state index contributed by atoms with van der Waals surface area (Å²) in [5, 5.41) is 2.43. The summed E-state index contributed by atoms with van der Waals surface area (Å²) >= 11 is 0. The molecule has 3 rings (SSSR count). The number of nitrogens with zero attached hydrogens (tertiary/aromatic N) is 1. The highest BCUT2D eigenvalue weighted by molar-refractivity contribution is 5.70. The van der Waals surface area contributed by atoms with E-state index < -0.39 is 5.82 Å². The lowest BCUT2D eigenvalue weighted by Crippen LogP contribution is -2.24. The zero-order valence-corrected chi connectivity index (χ0v) is 15.1. The molecule has 2 aromatic carbocycles. The fraction of sp³-hybridized carbons (Fsp3) is 0.286. The zero-order valence-electron chi connectivity index (χ0n) is 15.1. The highest BCUT2D eigenvalue weighted by Crippen LogP contribution is 2.35. The minimum atomic E-state index is -0.404. The molecule has 0 unspecified atom stereocenters. The fourth-order valence-corrected chi connectivity index (χ4v) is 2.93. The second kappa shape index (κ2) is 9.82. The Morgan fingerprint density at radius 1 is 1.15 bits per heavy atom. The lowest BCUT2D eigenvalue weighted by molar-refractivity contribution is -0.109. The predicted molar refractivity (Wildman–Crippen MR) is 101 cm³/mol. The summed E-state index contributed by atoms with van der Waals surface area (Å²) in [6, 6.07) is 13.8. The molecule has 0 radical (unpaired) electrons. The molecule has 0 fully saturated rings. The summed E-state index contributed by atoms with van der Waals surface area (Å²) in [4.78, 5) is 11.5. The molecule has 0 aliphatic carbocycles. The van der Waals surface area contributed by atoms with Crippen LogP contribution in [0.3, 0.4) is 0 Å². The van der Waals surface area contributed by atoms with Crippen LogP contribution >= 0.6 is 0 Å². The molecule has 1 atom stereocenters. The van der Waals surface area contributed by atoms with Crippen LogP contribution in [0.1, 0.15) is 31.0 Å². The maximum Gasteiger partial charge on any atom is 0.207 e. The molecule has 26 heavy (non-hydrogen) atoms. The van der Waals surface area contributed by atoms with E-state index in [0.29, 0.717) is 18.5 Å². The van der Waals surface area contributed by atoms with Gasteiger partial charge in [-0.05, 0) is 42.8 Å². The first-order valence-corrected chi connectivity index (χ1v) is 8.72. The molecule has 3 nitrogen and oxygen atoms in total. The Hall–Kier alpha value is -2.53. The molecule has 0 spiro atoms. The van der Waals surface area contributed by atoms with Gasteiger partial charge in [0.1, 0.15) is 11.6 Å². The molecule has 1 aliphatic heterocycles. The molecular weight excluding hydrogens is 334 g/mol. The quantitative estimate of drug-likeness (QED) is 0.814. The van der Waals surface area contributed by atoms with Gasteiger partial charge in [-0.1, -0.05) is 43.3 Å². The van der Waals surface area contributed by atoms with Crippen molar-refractivity contribution in [3.05, 3.63) is 77.4 Å². The molecule has 2 aromatic rings. The van der Waals surface area contributed by atoms with Crippen molar-refractivity contribution in [2.75, 3.05) is 19.6 Å². The van der Waals surface area contributed by atoms with Crippen LogP contribution in [0.25, 0.3) is 5.57 Å². The van der Waals surface area contributed by atoms with Crippen molar-refractivity contribution < 1.29 is 13.6 Å². The highest BCUT2D eigenvalue weighted by atomic mass is 19.1. The zero-order chi connectivity index (χ0) is 18.9. The van der Waals surface area contributed by atoms with Gasteiger partial charge in [0, 0.05) is 18.7 Å². The number of likely N-dealkylation sites (N-methyl/N-ethyl adjacent to an activating group) is 1. The summed E-state index contributed by atoms with van der Waals surface area (Å²) in [5.74, 6) is -0.772. The van der Waals surface area contributed by atoms with Gasteiger partial charge in [-0.3, -0.25) is 9.69 Å². The molecule has 1 N–H and O–H groups in total. The lowest BCUT2D eigenvalue weighted by Gasteiger charge is -2.22. The van der Waals surface area contributed by atoms with E-state index in [4.69, 9.17) is 0 Å². The number of rotatable bonds is 5. The third kappa shape index (κ3) is 4.99. The first-order valence-electron chi connectivity index (χ1n) is 8.72. The molecule has 1 amide bonds. The van der Waals surface area contributed by atoms with Crippen molar-refractivity contribution in [2.24, 2.45) is 0 Å². The summed E-state index contributed by atoms with van der Waals surface area (Å²) in [6.07, 6.45) is 2.72. The van der Waals surface area contributed by atoms with E-state index in [9.17, 15) is 13.6 Å². The standard InChI is InChI=1S/C18H17F2N.C3H7NO/c1-2-21-12-14(16-11-15(19)8-9-17(16)20)10-18(21)13-6-4-3-5-7-13;1-2-4-3-5/h3-11,18H,2,12H2,1H3;3H,2H2,1H3,(H,4,5)/t18-;/m0./s1. The van der Waals surface area contributed by atoms with Gasteiger partial charge >= 0.3 is 0 Å². The van der Waals surface area contributed by atoms with Gasteiger partial charge in [0.15, 0.2) is 0 Å². The number of benzene rings is 2. The first-order chi connectivity index (χ1) is 12.6. The normalized spacial score (nSPS) is 16.5. The topological polar surface area (TPSA) is 32.3 Å². The average molecular weight is 358 g/mol. The van der Waals surface area contributed by atoms with Crippen LogP contribution < -0.4 is 5.32 Å². The van der Waals surface area contributed by atoms with Crippen molar-refractivity contribution in [3.8, 4) is 0 Å². The van der Waals surface area contributed by atoms with Crippen molar-refractivity contribution >= 4 is 12.0 Å². The second-order valence-corrected chi connectivity index (χ2v) is 5.91. The number of carbonyl (C=O) groups excluding carboxylic acids is 1. The molecule has 0 aromatic heterocycles. The van der Waals surface area contributed by atoms with Crippen LogP contribution in [0.15, 0.2) is 54.6 Å². The van der Waals surface area contributed by atoms with E-state index in [-0.39, 0.29) is 11.9 Å². The van der Waals surface area contributed by atoms with Crippen molar-refractivity contribution in [2.45, 2.75) is 19.9 Å². The van der Waals surface area contributed by atoms with E-state index >= 15 is 0 Å². The van der Waals surface area contributed by atoms with E-state index in [1.807, 2.05) is 31.2 Å². The fourth-order valence-electron chi connectivity index (χ4n) is 2.93. The van der Waals surface area contributed by atoms with Gasteiger partial charge in [0.2, 0.25) is 6.41 Å². The minimum Gasteiger partial charge on any atom is -0.359 e. The lowest BCUT2D eigenvalue weighted by atomic mass is 10.0. The summed E-state index contributed by atoms with van der Waals surface area (Å²) in [6.45, 7) is 6.17. The first kappa shape index (κ1) is 19.8. The molecule has 1 aliphatic rings. The number of halogens is 2. The molecule has 0 bridgehead atoms. The van der Waals surface area contributed by atoms with Crippen molar-refractivity contribution in [1.82, 2.24) is 10.2 Å². The van der Waals surface area contributed by atoms with Gasteiger partial charge in [-0.15, -0.1) is 0 Å². The molecular formula is C21H24F2N2O. The molecule has 0 saturated carbocycles. The Labute approximate surface area is 153 Å². The van der Waals surface area contributed by atoms with E-state index in [1.54, 1.807) is 0 Å². The number of nitrogens with one attached hydrogen (secondary N) is 1. The van der Waals surface area contributed by atoms with Gasteiger partial charge in [0.25, 0.3) is 0 Å². The molecule has 138 valence electrons. The van der Waals surface area contributed by atoms with E-state index in [2.05, 4.69) is 29.3 Å². The number of hydrogen-bond donors (Lipinski definition) is 1.